The molecule has 4 heteroatoms. The number of rotatable bonds is 8. The van der Waals surface area contributed by atoms with Crippen LogP contribution in [0.2, 0.25) is 0 Å². The smallest absolute Gasteiger partial charge is 0.119 e. The molecule has 0 radical (unpaired) electrons. The lowest BCUT2D eigenvalue weighted by Crippen LogP contribution is -2.34. The summed E-state index contributed by atoms with van der Waals surface area (Å²) >= 11 is 1.87. The van der Waals surface area contributed by atoms with Crippen molar-refractivity contribution in [2.75, 3.05) is 33.1 Å². The Morgan fingerprint density at radius 3 is 2.33 bits per heavy atom. The summed E-state index contributed by atoms with van der Waals surface area (Å²) in [7, 11) is 1.66. The van der Waals surface area contributed by atoms with Crippen molar-refractivity contribution in [1.29, 1.82) is 0 Å². The molecular weight excluding hydrogens is 246 g/mol. The molecule has 0 aromatic heterocycles. The molecule has 0 unspecified atom stereocenters. The highest BCUT2D eigenvalue weighted by Gasteiger charge is 2.14. The van der Waals surface area contributed by atoms with Gasteiger partial charge in [0.2, 0.25) is 0 Å². The van der Waals surface area contributed by atoms with E-state index in [2.05, 4.69) is 25.4 Å². The predicted octanol–water partition coefficient (Wildman–Crippen LogP) is 2.81. The number of ether oxygens (including phenoxy) is 2. The number of methoxy groups -OCH3 is 1. The third-order valence-electron chi connectivity index (χ3n) is 2.71. The normalized spacial score (nSPS) is 11.3. The molecule has 18 heavy (non-hydrogen) atoms. The zero-order chi connectivity index (χ0) is 13.4. The summed E-state index contributed by atoms with van der Waals surface area (Å²) in [4.78, 5) is 0. The lowest BCUT2D eigenvalue weighted by atomic mass is 10.2. The third kappa shape index (κ3) is 5.65. The molecule has 1 aromatic carbocycles. The molecule has 0 heterocycles. The number of hydrogen-bond donors (Lipinski definition) is 1. The lowest BCUT2D eigenvalue weighted by molar-refractivity contribution is 0.311. The van der Waals surface area contributed by atoms with Gasteiger partial charge in [-0.25, -0.2) is 0 Å². The Hall–Kier alpha value is -0.870. The first-order valence-corrected chi connectivity index (χ1v) is 7.32. The van der Waals surface area contributed by atoms with Gasteiger partial charge in [-0.2, -0.15) is 11.8 Å². The molecule has 1 aromatic rings. The average molecular weight is 269 g/mol. The Balaban J connectivity index is 2.17. The van der Waals surface area contributed by atoms with E-state index in [0.29, 0.717) is 6.61 Å². The van der Waals surface area contributed by atoms with E-state index < -0.39 is 0 Å². The van der Waals surface area contributed by atoms with Gasteiger partial charge in [0.15, 0.2) is 0 Å². The van der Waals surface area contributed by atoms with Gasteiger partial charge in [0.1, 0.15) is 18.1 Å². The van der Waals surface area contributed by atoms with Gasteiger partial charge in [0.25, 0.3) is 0 Å². The number of thioether (sulfide) groups is 1. The summed E-state index contributed by atoms with van der Waals surface area (Å²) in [5.41, 5.74) is 0. The van der Waals surface area contributed by atoms with Gasteiger partial charge in [0, 0.05) is 17.8 Å². The van der Waals surface area contributed by atoms with Crippen molar-refractivity contribution in [3.63, 3.8) is 0 Å². The summed E-state index contributed by atoms with van der Waals surface area (Å²) in [6, 6.07) is 7.65. The van der Waals surface area contributed by atoms with E-state index in [1.54, 1.807) is 7.11 Å². The zero-order valence-electron chi connectivity index (χ0n) is 11.7. The Labute approximate surface area is 114 Å². The Morgan fingerprint density at radius 2 is 1.78 bits per heavy atom. The Morgan fingerprint density at radius 1 is 1.17 bits per heavy atom. The van der Waals surface area contributed by atoms with Gasteiger partial charge in [-0.3, -0.25) is 0 Å². The average Bonchev–Trinajstić information content (AvgIpc) is 2.39. The number of benzene rings is 1. The van der Waals surface area contributed by atoms with Crippen molar-refractivity contribution < 1.29 is 9.47 Å². The molecule has 0 aliphatic rings. The van der Waals surface area contributed by atoms with Gasteiger partial charge in [-0.15, -0.1) is 0 Å². The van der Waals surface area contributed by atoms with Crippen LogP contribution in [0, 0.1) is 0 Å². The van der Waals surface area contributed by atoms with E-state index >= 15 is 0 Å². The second-order valence-electron chi connectivity index (χ2n) is 4.66. The number of nitrogens with one attached hydrogen (secondary N) is 1. The maximum Gasteiger partial charge on any atom is 0.119 e. The first-order chi connectivity index (χ1) is 8.57. The minimum Gasteiger partial charge on any atom is -0.497 e. The van der Waals surface area contributed by atoms with Crippen molar-refractivity contribution in [3.8, 4) is 11.5 Å². The fraction of sp³-hybridized carbons (Fsp3) is 0.571. The van der Waals surface area contributed by atoms with Crippen LogP contribution in [0.15, 0.2) is 24.3 Å². The molecule has 0 atom stereocenters. The summed E-state index contributed by atoms with van der Waals surface area (Å²) in [6.45, 7) is 6.98. The van der Waals surface area contributed by atoms with Crippen LogP contribution in [0.4, 0.5) is 0 Å². The monoisotopic (exact) mass is 269 g/mol. The highest BCUT2D eigenvalue weighted by molar-refractivity contribution is 7.99. The fourth-order valence-electron chi connectivity index (χ4n) is 1.37. The second-order valence-corrected chi connectivity index (χ2v) is 6.18. The minimum absolute atomic E-state index is 0.278. The van der Waals surface area contributed by atoms with E-state index in [4.69, 9.17) is 9.47 Å². The Kier molecular flexibility index (Phi) is 6.36. The van der Waals surface area contributed by atoms with Crippen molar-refractivity contribution in [1.82, 2.24) is 5.32 Å². The van der Waals surface area contributed by atoms with E-state index in [-0.39, 0.29) is 4.75 Å². The van der Waals surface area contributed by atoms with Crippen molar-refractivity contribution in [2.45, 2.75) is 18.6 Å². The molecule has 0 fully saturated rings. The van der Waals surface area contributed by atoms with Crippen LogP contribution in [0.3, 0.4) is 0 Å². The summed E-state index contributed by atoms with van der Waals surface area (Å²) in [5, 5.41) is 3.40. The summed E-state index contributed by atoms with van der Waals surface area (Å²) < 4.78 is 11.0. The minimum atomic E-state index is 0.278. The van der Waals surface area contributed by atoms with Gasteiger partial charge in [-0.05, 0) is 44.4 Å². The molecule has 0 aliphatic carbocycles. The van der Waals surface area contributed by atoms with Crippen molar-refractivity contribution >= 4 is 11.8 Å². The molecule has 0 amide bonds. The largest absolute Gasteiger partial charge is 0.497 e. The van der Waals surface area contributed by atoms with Crippen LogP contribution in [0.1, 0.15) is 13.8 Å². The Bertz CT molecular complexity index is 338. The molecule has 102 valence electrons. The van der Waals surface area contributed by atoms with Gasteiger partial charge >= 0.3 is 0 Å². The molecule has 3 nitrogen and oxygen atoms in total. The van der Waals surface area contributed by atoms with Crippen molar-refractivity contribution in [2.24, 2.45) is 0 Å². The SMILES string of the molecule is COc1ccc(OCCNCC(C)(C)SC)cc1. The summed E-state index contributed by atoms with van der Waals surface area (Å²) in [6.07, 6.45) is 2.13. The van der Waals surface area contributed by atoms with E-state index in [9.17, 15) is 0 Å². The lowest BCUT2D eigenvalue weighted by Gasteiger charge is -2.22. The van der Waals surface area contributed by atoms with Gasteiger partial charge in [0.05, 0.1) is 7.11 Å². The standard InChI is InChI=1S/C14H23NO2S/c1-14(2,18-4)11-15-9-10-17-13-7-5-12(16-3)6-8-13/h5-8,15H,9-11H2,1-4H3. The fourth-order valence-corrected chi connectivity index (χ4v) is 1.62. The van der Waals surface area contributed by atoms with Gasteiger partial charge in [-0.1, -0.05) is 0 Å². The van der Waals surface area contributed by atoms with Crippen LogP contribution in [-0.2, 0) is 0 Å². The molecule has 0 spiro atoms. The molecule has 1 rings (SSSR count). The topological polar surface area (TPSA) is 30.5 Å². The zero-order valence-corrected chi connectivity index (χ0v) is 12.5. The second kappa shape index (κ2) is 7.54. The summed E-state index contributed by atoms with van der Waals surface area (Å²) in [5.74, 6) is 1.73. The van der Waals surface area contributed by atoms with Crippen LogP contribution in [0.5, 0.6) is 11.5 Å². The molecule has 0 saturated heterocycles. The van der Waals surface area contributed by atoms with Crippen molar-refractivity contribution in [3.05, 3.63) is 24.3 Å². The maximum atomic E-state index is 5.63. The quantitative estimate of drug-likeness (QED) is 0.735. The van der Waals surface area contributed by atoms with E-state index in [1.807, 2.05) is 36.0 Å². The molecule has 1 N–H and O–H groups in total. The number of hydrogen-bond acceptors (Lipinski definition) is 4. The molecule has 0 aliphatic heterocycles. The third-order valence-corrected chi connectivity index (χ3v) is 3.96. The van der Waals surface area contributed by atoms with E-state index in [1.165, 1.54) is 0 Å². The van der Waals surface area contributed by atoms with Gasteiger partial charge < -0.3 is 14.8 Å². The van der Waals surface area contributed by atoms with Crippen LogP contribution in [0.25, 0.3) is 0 Å². The highest BCUT2D eigenvalue weighted by atomic mass is 32.2. The highest BCUT2D eigenvalue weighted by Crippen LogP contribution is 2.19. The predicted molar refractivity (Wildman–Crippen MR) is 79.0 cm³/mol. The maximum absolute atomic E-state index is 5.63. The first kappa shape index (κ1) is 15.2. The molecule has 0 saturated carbocycles. The first-order valence-electron chi connectivity index (χ1n) is 6.10. The van der Waals surface area contributed by atoms with Crippen LogP contribution >= 0.6 is 11.8 Å². The molecule has 0 bridgehead atoms. The van der Waals surface area contributed by atoms with Crippen LogP contribution < -0.4 is 14.8 Å². The molecular formula is C14H23NO2S. The van der Waals surface area contributed by atoms with E-state index in [0.717, 1.165) is 24.6 Å². The van der Waals surface area contributed by atoms with Crippen LogP contribution in [-0.4, -0.2) is 37.8 Å².